The van der Waals surface area contributed by atoms with E-state index in [1.165, 1.54) is 0 Å². The largest absolute Gasteiger partial charge is 0.338 e. The summed E-state index contributed by atoms with van der Waals surface area (Å²) in [6.07, 6.45) is 5.34. The lowest BCUT2D eigenvalue weighted by molar-refractivity contribution is 0.387. The van der Waals surface area contributed by atoms with Gasteiger partial charge in [-0.15, -0.1) is 5.10 Å². The van der Waals surface area contributed by atoms with E-state index in [0.717, 1.165) is 5.56 Å². The lowest BCUT2D eigenvalue weighted by atomic mass is 10.2. The quantitative estimate of drug-likeness (QED) is 0.697. The fraction of sp³-hybridized carbons (Fsp3) is 0. The molecular weight excluding hydrogens is 164 g/mol. The Morgan fingerprint density at radius 2 is 1.92 bits per heavy atom. The van der Waals surface area contributed by atoms with E-state index in [1.807, 2.05) is 42.5 Å². The first-order valence-corrected chi connectivity index (χ1v) is 3.95. The lowest BCUT2D eigenvalue weighted by Gasteiger charge is -1.88. The molecule has 0 atom stereocenters. The summed E-state index contributed by atoms with van der Waals surface area (Å²) in [5, 5.41) is 6.92. The highest BCUT2D eigenvalue weighted by atomic mass is 16.5. The zero-order valence-corrected chi connectivity index (χ0v) is 6.92. The van der Waals surface area contributed by atoms with Crippen LogP contribution in [0.5, 0.6) is 0 Å². The molecule has 0 unspecified atom stereocenters. The molecule has 1 aromatic carbocycles. The fourth-order valence-electron chi connectivity index (χ4n) is 0.991. The van der Waals surface area contributed by atoms with Crippen LogP contribution in [0.2, 0.25) is 0 Å². The second kappa shape index (κ2) is 3.67. The third-order valence-corrected chi connectivity index (χ3v) is 1.62. The Morgan fingerprint density at radius 3 is 2.62 bits per heavy atom. The van der Waals surface area contributed by atoms with E-state index >= 15 is 0 Å². The molecule has 0 fully saturated rings. The van der Waals surface area contributed by atoms with E-state index in [-0.39, 0.29) is 0 Å². The average Bonchev–Trinajstić information content (AvgIpc) is 2.69. The van der Waals surface area contributed by atoms with Crippen LogP contribution in [0.15, 0.2) is 41.1 Å². The van der Waals surface area contributed by atoms with E-state index in [0.29, 0.717) is 5.76 Å². The molecule has 0 saturated heterocycles. The zero-order chi connectivity index (χ0) is 8.93. The van der Waals surface area contributed by atoms with Crippen molar-refractivity contribution in [2.45, 2.75) is 0 Å². The highest BCUT2D eigenvalue weighted by molar-refractivity contribution is 5.66. The lowest BCUT2D eigenvalue weighted by Crippen LogP contribution is -1.68. The third-order valence-electron chi connectivity index (χ3n) is 1.62. The smallest absolute Gasteiger partial charge is 0.180 e. The highest BCUT2D eigenvalue weighted by Gasteiger charge is 1.89. The first kappa shape index (κ1) is 7.73. The van der Waals surface area contributed by atoms with Crippen LogP contribution < -0.4 is 0 Å². The van der Waals surface area contributed by atoms with Crippen molar-refractivity contribution in [3.8, 4) is 0 Å². The van der Waals surface area contributed by atoms with Crippen molar-refractivity contribution >= 4 is 12.2 Å². The summed E-state index contributed by atoms with van der Waals surface area (Å²) in [4.78, 5) is 0. The van der Waals surface area contributed by atoms with Crippen molar-refractivity contribution in [3.05, 3.63) is 47.9 Å². The van der Waals surface area contributed by atoms with Gasteiger partial charge in [-0.25, -0.2) is 0 Å². The first-order valence-electron chi connectivity index (χ1n) is 3.95. The van der Waals surface area contributed by atoms with Gasteiger partial charge in [-0.05, 0) is 11.6 Å². The Kier molecular flexibility index (Phi) is 2.18. The summed E-state index contributed by atoms with van der Waals surface area (Å²) in [6, 6.07) is 9.98. The van der Waals surface area contributed by atoms with Crippen LogP contribution in [0, 0.1) is 0 Å². The number of hydrogen-bond acceptors (Lipinski definition) is 3. The van der Waals surface area contributed by atoms with Gasteiger partial charge in [0, 0.05) is 5.27 Å². The molecule has 0 aliphatic rings. The molecule has 0 bridgehead atoms. The van der Waals surface area contributed by atoms with Crippen molar-refractivity contribution in [1.29, 1.82) is 0 Å². The number of nitrogens with zero attached hydrogens (tertiary/aromatic N) is 2. The molecule has 3 heteroatoms. The van der Waals surface area contributed by atoms with Gasteiger partial charge < -0.3 is 4.52 Å². The van der Waals surface area contributed by atoms with Crippen LogP contribution >= 0.6 is 0 Å². The minimum absolute atomic E-state index is 0.656. The van der Waals surface area contributed by atoms with Gasteiger partial charge in [0.05, 0.1) is 6.20 Å². The second-order valence-corrected chi connectivity index (χ2v) is 2.56. The number of hydrogen-bond donors (Lipinski definition) is 0. The van der Waals surface area contributed by atoms with Crippen LogP contribution in [0.4, 0.5) is 0 Å². The standard InChI is InChI=1S/C10H8N2O/c1-2-4-9(5-3-1)6-7-10-8-11-12-13-10/h1-8H. The Bertz CT molecular complexity index is 379. The molecular formula is C10H8N2O. The van der Waals surface area contributed by atoms with Gasteiger partial charge in [-0.2, -0.15) is 0 Å². The molecule has 64 valence electrons. The van der Waals surface area contributed by atoms with Gasteiger partial charge in [0.15, 0.2) is 5.76 Å². The summed E-state index contributed by atoms with van der Waals surface area (Å²) in [5.41, 5.74) is 1.12. The molecule has 0 radical (unpaired) electrons. The van der Waals surface area contributed by atoms with Crippen LogP contribution in [-0.4, -0.2) is 10.4 Å². The maximum absolute atomic E-state index is 4.81. The van der Waals surface area contributed by atoms with Crippen molar-refractivity contribution in [1.82, 2.24) is 10.4 Å². The Hall–Kier alpha value is -1.90. The molecule has 0 N–H and O–H groups in total. The molecule has 0 aliphatic carbocycles. The molecule has 1 aromatic heterocycles. The predicted molar refractivity (Wildman–Crippen MR) is 49.7 cm³/mol. The monoisotopic (exact) mass is 172 g/mol. The number of rotatable bonds is 2. The summed E-state index contributed by atoms with van der Waals surface area (Å²) < 4.78 is 4.81. The van der Waals surface area contributed by atoms with Crippen LogP contribution in [0.1, 0.15) is 11.3 Å². The van der Waals surface area contributed by atoms with E-state index < -0.39 is 0 Å². The SMILES string of the molecule is C(=Cc1cnno1)c1ccccc1. The minimum atomic E-state index is 0.656. The zero-order valence-electron chi connectivity index (χ0n) is 6.92. The first-order chi connectivity index (χ1) is 6.45. The van der Waals surface area contributed by atoms with E-state index in [4.69, 9.17) is 4.52 Å². The van der Waals surface area contributed by atoms with Crippen molar-refractivity contribution < 1.29 is 4.52 Å². The maximum Gasteiger partial charge on any atom is 0.180 e. The average molecular weight is 172 g/mol. The summed E-state index contributed by atoms with van der Waals surface area (Å²) in [5.74, 6) is 0.656. The molecule has 0 aliphatic heterocycles. The molecule has 0 saturated carbocycles. The van der Waals surface area contributed by atoms with Gasteiger partial charge in [0.1, 0.15) is 0 Å². The number of aromatic nitrogens is 2. The normalized spacial score (nSPS) is 10.8. The van der Waals surface area contributed by atoms with E-state index in [2.05, 4.69) is 10.4 Å². The summed E-state index contributed by atoms with van der Waals surface area (Å²) >= 11 is 0. The maximum atomic E-state index is 4.81. The molecule has 0 amide bonds. The minimum Gasteiger partial charge on any atom is -0.338 e. The molecule has 1 heterocycles. The number of benzene rings is 1. The molecule has 13 heavy (non-hydrogen) atoms. The second-order valence-electron chi connectivity index (χ2n) is 2.56. The highest BCUT2D eigenvalue weighted by Crippen LogP contribution is 2.05. The van der Waals surface area contributed by atoms with Gasteiger partial charge in [-0.3, -0.25) is 0 Å². The topological polar surface area (TPSA) is 38.9 Å². The summed E-state index contributed by atoms with van der Waals surface area (Å²) in [7, 11) is 0. The van der Waals surface area contributed by atoms with E-state index in [9.17, 15) is 0 Å². The Labute approximate surface area is 75.7 Å². The van der Waals surface area contributed by atoms with Crippen molar-refractivity contribution in [3.63, 3.8) is 0 Å². The predicted octanol–water partition coefficient (Wildman–Crippen LogP) is 2.24. The molecule has 2 aromatic rings. The van der Waals surface area contributed by atoms with Crippen LogP contribution in [0.3, 0.4) is 0 Å². The van der Waals surface area contributed by atoms with Crippen LogP contribution in [0.25, 0.3) is 12.2 Å². The Balaban J connectivity index is 2.15. The molecule has 0 spiro atoms. The fourth-order valence-corrected chi connectivity index (χ4v) is 0.991. The van der Waals surface area contributed by atoms with Gasteiger partial charge in [-0.1, -0.05) is 36.4 Å². The molecule has 2 rings (SSSR count). The summed E-state index contributed by atoms with van der Waals surface area (Å²) in [6.45, 7) is 0. The van der Waals surface area contributed by atoms with Gasteiger partial charge in [0.2, 0.25) is 0 Å². The van der Waals surface area contributed by atoms with Crippen LogP contribution in [-0.2, 0) is 0 Å². The Morgan fingerprint density at radius 1 is 1.08 bits per heavy atom. The van der Waals surface area contributed by atoms with Crippen molar-refractivity contribution in [2.75, 3.05) is 0 Å². The molecule has 3 nitrogen and oxygen atoms in total. The van der Waals surface area contributed by atoms with Crippen molar-refractivity contribution in [2.24, 2.45) is 0 Å². The van der Waals surface area contributed by atoms with E-state index in [1.54, 1.807) is 6.20 Å². The third kappa shape index (κ3) is 2.02. The van der Waals surface area contributed by atoms with Gasteiger partial charge >= 0.3 is 0 Å². The van der Waals surface area contributed by atoms with Gasteiger partial charge in [0.25, 0.3) is 0 Å².